The Labute approximate surface area is 153 Å². The third kappa shape index (κ3) is 4.05. The summed E-state index contributed by atoms with van der Waals surface area (Å²) in [7, 11) is 0. The van der Waals surface area contributed by atoms with E-state index in [0.29, 0.717) is 11.3 Å². The molecule has 8 heteroatoms. The van der Waals surface area contributed by atoms with Crippen LogP contribution in [0.15, 0.2) is 66.4 Å². The Morgan fingerprint density at radius 2 is 2.00 bits per heavy atom. The molecule has 0 saturated heterocycles. The van der Waals surface area contributed by atoms with E-state index in [9.17, 15) is 20.2 Å². The number of aromatic nitrogens is 2. The molecule has 0 fully saturated rings. The van der Waals surface area contributed by atoms with Crippen LogP contribution in [0, 0.1) is 21.4 Å². The lowest BCUT2D eigenvalue weighted by Crippen LogP contribution is -2.13. The first-order chi connectivity index (χ1) is 13.1. The second-order valence-electron chi connectivity index (χ2n) is 5.50. The molecule has 0 aliphatic carbocycles. The fraction of sp³-hybridized carbons (Fsp3) is 0. The molecule has 2 aromatic carbocycles. The number of carbonyl (C=O) groups is 1. The van der Waals surface area contributed by atoms with Crippen molar-refractivity contribution in [2.45, 2.75) is 0 Å². The lowest BCUT2D eigenvalue weighted by Gasteiger charge is -2.04. The van der Waals surface area contributed by atoms with E-state index >= 15 is 0 Å². The highest BCUT2D eigenvalue weighted by molar-refractivity contribution is 6.10. The van der Waals surface area contributed by atoms with Gasteiger partial charge in [0, 0.05) is 28.9 Å². The number of nitrogens with zero attached hydrogens (tertiary/aromatic N) is 3. The van der Waals surface area contributed by atoms with Crippen LogP contribution in [0.3, 0.4) is 0 Å². The summed E-state index contributed by atoms with van der Waals surface area (Å²) in [6.45, 7) is 0. The van der Waals surface area contributed by atoms with Crippen molar-refractivity contribution in [1.82, 2.24) is 10.2 Å². The maximum absolute atomic E-state index is 12.4. The topological polar surface area (TPSA) is 125 Å². The highest BCUT2D eigenvalue weighted by Crippen LogP contribution is 2.23. The number of nitro benzene ring substituents is 1. The first-order valence-electron chi connectivity index (χ1n) is 7.85. The molecule has 1 amide bonds. The Morgan fingerprint density at radius 1 is 1.22 bits per heavy atom. The van der Waals surface area contributed by atoms with Gasteiger partial charge in [-0.3, -0.25) is 20.0 Å². The highest BCUT2D eigenvalue weighted by atomic mass is 16.6. The van der Waals surface area contributed by atoms with E-state index in [0.717, 1.165) is 5.56 Å². The number of hydrogen-bond donors (Lipinski definition) is 2. The van der Waals surface area contributed by atoms with Gasteiger partial charge < -0.3 is 5.32 Å². The largest absolute Gasteiger partial charge is 0.321 e. The number of aromatic amines is 1. The van der Waals surface area contributed by atoms with Crippen molar-refractivity contribution in [3.05, 3.63) is 82.0 Å². The van der Waals surface area contributed by atoms with Gasteiger partial charge in [-0.1, -0.05) is 36.4 Å². The summed E-state index contributed by atoms with van der Waals surface area (Å²) in [6, 6.07) is 16.7. The smallest absolute Gasteiger partial charge is 0.271 e. The third-order valence-corrected chi connectivity index (χ3v) is 3.71. The quantitative estimate of drug-likeness (QED) is 0.312. The Balaban J connectivity index is 1.87. The number of non-ortho nitro benzene ring substituents is 1. The minimum absolute atomic E-state index is 0.153. The van der Waals surface area contributed by atoms with E-state index in [-0.39, 0.29) is 16.9 Å². The molecule has 0 bridgehead atoms. The number of carbonyl (C=O) groups excluding carboxylic acids is 1. The summed E-state index contributed by atoms with van der Waals surface area (Å²) < 4.78 is 0. The van der Waals surface area contributed by atoms with Gasteiger partial charge in [0.2, 0.25) is 0 Å². The maximum Gasteiger partial charge on any atom is 0.271 e. The highest BCUT2D eigenvalue weighted by Gasteiger charge is 2.14. The monoisotopic (exact) mass is 359 g/mol. The van der Waals surface area contributed by atoms with Crippen molar-refractivity contribution >= 4 is 23.4 Å². The lowest BCUT2D eigenvalue weighted by molar-refractivity contribution is -0.384. The van der Waals surface area contributed by atoms with Gasteiger partial charge in [-0.05, 0) is 12.1 Å². The van der Waals surface area contributed by atoms with Crippen LogP contribution in [0.1, 0.15) is 5.56 Å². The summed E-state index contributed by atoms with van der Waals surface area (Å²) >= 11 is 0. The average Bonchev–Trinajstić information content (AvgIpc) is 3.15. The number of rotatable bonds is 5. The minimum Gasteiger partial charge on any atom is -0.321 e. The molecule has 0 aliphatic rings. The molecule has 3 aromatic rings. The fourth-order valence-corrected chi connectivity index (χ4v) is 2.44. The van der Waals surface area contributed by atoms with Crippen LogP contribution in [-0.2, 0) is 4.79 Å². The van der Waals surface area contributed by atoms with Gasteiger partial charge in [-0.2, -0.15) is 10.4 Å². The molecule has 27 heavy (non-hydrogen) atoms. The Morgan fingerprint density at radius 3 is 2.70 bits per heavy atom. The molecule has 0 unspecified atom stereocenters. The minimum atomic E-state index is -0.668. The maximum atomic E-state index is 12.4. The van der Waals surface area contributed by atoms with Crippen molar-refractivity contribution in [2.24, 2.45) is 0 Å². The molecule has 0 radical (unpaired) electrons. The van der Waals surface area contributed by atoms with Crippen molar-refractivity contribution in [3.63, 3.8) is 0 Å². The van der Waals surface area contributed by atoms with E-state index in [1.165, 1.54) is 36.5 Å². The summed E-state index contributed by atoms with van der Waals surface area (Å²) in [6.07, 6.45) is 2.93. The molecule has 0 saturated carbocycles. The predicted octanol–water partition coefficient (Wildman–Crippen LogP) is 3.53. The molecule has 0 atom stereocenters. The fourth-order valence-electron chi connectivity index (χ4n) is 2.44. The van der Waals surface area contributed by atoms with Crippen molar-refractivity contribution in [2.75, 3.05) is 5.32 Å². The number of nitrogens with one attached hydrogen (secondary N) is 2. The molecular formula is C19H13N5O3. The zero-order valence-electron chi connectivity index (χ0n) is 13.9. The number of amides is 1. The number of nitriles is 1. The van der Waals surface area contributed by atoms with Crippen molar-refractivity contribution in [3.8, 4) is 17.3 Å². The van der Waals surface area contributed by atoms with Gasteiger partial charge in [0.15, 0.2) is 0 Å². The number of benzene rings is 2. The van der Waals surface area contributed by atoms with Crippen LogP contribution in [0.2, 0.25) is 0 Å². The van der Waals surface area contributed by atoms with Gasteiger partial charge >= 0.3 is 0 Å². The van der Waals surface area contributed by atoms with E-state index in [4.69, 9.17) is 0 Å². The van der Waals surface area contributed by atoms with Crippen LogP contribution < -0.4 is 5.32 Å². The summed E-state index contributed by atoms with van der Waals surface area (Å²) in [5.74, 6) is -0.668. The van der Waals surface area contributed by atoms with Gasteiger partial charge in [0.05, 0.1) is 16.8 Å². The average molecular weight is 359 g/mol. The molecule has 2 N–H and O–H groups in total. The zero-order chi connectivity index (χ0) is 19.2. The predicted molar refractivity (Wildman–Crippen MR) is 99.3 cm³/mol. The molecule has 1 heterocycles. The second kappa shape index (κ2) is 7.76. The second-order valence-corrected chi connectivity index (χ2v) is 5.50. The zero-order valence-corrected chi connectivity index (χ0v) is 13.9. The van der Waals surface area contributed by atoms with E-state index in [1.807, 2.05) is 36.4 Å². The van der Waals surface area contributed by atoms with Crippen molar-refractivity contribution in [1.29, 1.82) is 5.26 Å². The van der Waals surface area contributed by atoms with Crippen LogP contribution in [0.5, 0.6) is 0 Å². The van der Waals surface area contributed by atoms with Crippen LogP contribution in [-0.4, -0.2) is 21.0 Å². The molecule has 8 nitrogen and oxygen atoms in total. The molecular weight excluding hydrogens is 346 g/mol. The SMILES string of the molecule is N#C/C(=C/c1cn[nH]c1-c1ccccc1)C(=O)Nc1cccc([N+](=O)[O-])c1. The Kier molecular flexibility index (Phi) is 5.05. The summed E-state index contributed by atoms with van der Waals surface area (Å²) in [5, 5.41) is 29.5. The first kappa shape index (κ1) is 17.6. The lowest BCUT2D eigenvalue weighted by atomic mass is 10.1. The van der Waals surface area contributed by atoms with Crippen molar-refractivity contribution < 1.29 is 9.72 Å². The van der Waals surface area contributed by atoms with E-state index in [2.05, 4.69) is 15.5 Å². The van der Waals surface area contributed by atoms with Gasteiger partial charge in [0.1, 0.15) is 11.6 Å². The third-order valence-electron chi connectivity index (χ3n) is 3.71. The van der Waals surface area contributed by atoms with Crippen LogP contribution in [0.25, 0.3) is 17.3 Å². The molecule has 3 rings (SSSR count). The Bertz CT molecular complexity index is 1060. The Hall–Kier alpha value is -4.25. The number of anilines is 1. The molecule has 132 valence electrons. The summed E-state index contributed by atoms with van der Waals surface area (Å²) in [5.41, 5.74) is 2.03. The number of hydrogen-bond acceptors (Lipinski definition) is 5. The first-order valence-corrected chi connectivity index (χ1v) is 7.85. The van der Waals surface area contributed by atoms with Crippen LogP contribution >= 0.6 is 0 Å². The van der Waals surface area contributed by atoms with Crippen LogP contribution in [0.4, 0.5) is 11.4 Å². The molecule has 0 spiro atoms. The van der Waals surface area contributed by atoms with E-state index in [1.54, 1.807) is 0 Å². The van der Waals surface area contributed by atoms with E-state index < -0.39 is 10.8 Å². The molecule has 1 aromatic heterocycles. The molecule has 0 aliphatic heterocycles. The van der Waals surface area contributed by atoms with Gasteiger partial charge in [-0.25, -0.2) is 0 Å². The van der Waals surface area contributed by atoms with Gasteiger partial charge in [-0.15, -0.1) is 0 Å². The normalized spacial score (nSPS) is 10.9. The standard InChI is InChI=1S/C19H13N5O3/c20-11-14(19(25)22-16-7-4-8-17(10-16)24(26)27)9-15-12-21-23-18(15)13-5-2-1-3-6-13/h1-10,12H,(H,21,23)(H,22,25)/b14-9-. The number of H-pyrrole nitrogens is 1. The summed E-state index contributed by atoms with van der Waals surface area (Å²) in [4.78, 5) is 22.7. The number of nitro groups is 1. The van der Waals surface area contributed by atoms with Gasteiger partial charge in [0.25, 0.3) is 11.6 Å².